The molecule has 0 saturated heterocycles. The van der Waals surface area contributed by atoms with Crippen LogP contribution in [-0.2, 0) is 13.5 Å². The van der Waals surface area contributed by atoms with Crippen molar-refractivity contribution in [2.75, 3.05) is 6.54 Å². The number of carbonyl (C=O) groups excluding carboxylic acids is 1. The van der Waals surface area contributed by atoms with Crippen LogP contribution in [0.1, 0.15) is 33.7 Å². The lowest BCUT2D eigenvalue weighted by molar-refractivity contribution is 0.0952. The van der Waals surface area contributed by atoms with Gasteiger partial charge in [0.25, 0.3) is 5.91 Å². The number of amides is 1. The summed E-state index contributed by atoms with van der Waals surface area (Å²) in [6.07, 6.45) is 1.71. The molecule has 124 valence electrons. The summed E-state index contributed by atoms with van der Waals surface area (Å²) in [5.41, 5.74) is 5.11. The summed E-state index contributed by atoms with van der Waals surface area (Å²) >= 11 is 0. The summed E-state index contributed by atoms with van der Waals surface area (Å²) in [6, 6.07) is 14.0. The summed E-state index contributed by atoms with van der Waals surface area (Å²) in [7, 11) is 2.04. The van der Waals surface area contributed by atoms with Gasteiger partial charge in [-0.1, -0.05) is 29.8 Å². The van der Waals surface area contributed by atoms with Crippen molar-refractivity contribution in [3.05, 3.63) is 65.0 Å². The number of rotatable bonds is 5. The Morgan fingerprint density at radius 3 is 2.71 bits per heavy atom. The fourth-order valence-electron chi connectivity index (χ4n) is 3.03. The molecule has 2 aromatic carbocycles. The van der Waals surface area contributed by atoms with Crippen molar-refractivity contribution in [1.29, 1.82) is 0 Å². The van der Waals surface area contributed by atoms with Crippen molar-refractivity contribution in [1.82, 2.24) is 14.9 Å². The summed E-state index contributed by atoms with van der Waals surface area (Å²) in [6.45, 7) is 4.65. The van der Waals surface area contributed by atoms with E-state index in [2.05, 4.69) is 20.9 Å². The molecule has 4 heteroatoms. The lowest BCUT2D eigenvalue weighted by atomic mass is 10.1. The van der Waals surface area contributed by atoms with E-state index in [9.17, 15) is 4.79 Å². The molecule has 4 nitrogen and oxygen atoms in total. The molecule has 1 heterocycles. The highest BCUT2D eigenvalue weighted by Crippen LogP contribution is 2.15. The number of para-hydroxylation sites is 2. The van der Waals surface area contributed by atoms with Gasteiger partial charge in [0.15, 0.2) is 0 Å². The maximum atomic E-state index is 12.3. The van der Waals surface area contributed by atoms with Crippen LogP contribution in [0.5, 0.6) is 0 Å². The Morgan fingerprint density at radius 2 is 1.96 bits per heavy atom. The normalized spacial score (nSPS) is 11.0. The van der Waals surface area contributed by atoms with E-state index >= 15 is 0 Å². The Balaban J connectivity index is 1.56. The summed E-state index contributed by atoms with van der Waals surface area (Å²) in [5.74, 6) is 1.05. The van der Waals surface area contributed by atoms with Crippen LogP contribution in [-0.4, -0.2) is 22.0 Å². The van der Waals surface area contributed by atoms with Crippen molar-refractivity contribution < 1.29 is 4.79 Å². The summed E-state index contributed by atoms with van der Waals surface area (Å²) in [5, 5.41) is 3.01. The van der Waals surface area contributed by atoms with E-state index in [4.69, 9.17) is 0 Å². The van der Waals surface area contributed by atoms with Gasteiger partial charge in [0.2, 0.25) is 0 Å². The molecular formula is C20H23N3O. The van der Waals surface area contributed by atoms with E-state index in [1.165, 1.54) is 5.56 Å². The van der Waals surface area contributed by atoms with Gasteiger partial charge >= 0.3 is 0 Å². The maximum Gasteiger partial charge on any atom is 0.251 e. The first-order valence-electron chi connectivity index (χ1n) is 8.32. The molecular weight excluding hydrogens is 298 g/mol. The Labute approximate surface area is 142 Å². The molecule has 0 saturated carbocycles. The van der Waals surface area contributed by atoms with Crippen LogP contribution in [0.4, 0.5) is 0 Å². The summed E-state index contributed by atoms with van der Waals surface area (Å²) in [4.78, 5) is 16.9. The number of nitrogens with one attached hydrogen (secondary N) is 1. The quantitative estimate of drug-likeness (QED) is 0.731. The molecule has 1 amide bonds. The van der Waals surface area contributed by atoms with Gasteiger partial charge < -0.3 is 9.88 Å². The average molecular weight is 321 g/mol. The SMILES string of the molecule is Cc1ccc(C(=O)NCCCc2nc3ccccc3n2C)c(C)c1. The van der Waals surface area contributed by atoms with Crippen LogP contribution in [0.2, 0.25) is 0 Å². The molecule has 24 heavy (non-hydrogen) atoms. The maximum absolute atomic E-state index is 12.3. The Hall–Kier alpha value is -2.62. The molecule has 0 aliphatic heterocycles. The Bertz CT molecular complexity index is 880. The highest BCUT2D eigenvalue weighted by Gasteiger charge is 2.09. The van der Waals surface area contributed by atoms with Crippen molar-refractivity contribution in [3.8, 4) is 0 Å². The van der Waals surface area contributed by atoms with Gasteiger partial charge in [-0.05, 0) is 44.0 Å². The molecule has 0 bridgehead atoms. The zero-order valence-electron chi connectivity index (χ0n) is 14.5. The number of aromatic nitrogens is 2. The van der Waals surface area contributed by atoms with Crippen LogP contribution >= 0.6 is 0 Å². The third-order valence-electron chi connectivity index (χ3n) is 4.37. The predicted octanol–water partition coefficient (Wildman–Crippen LogP) is 3.55. The molecule has 3 rings (SSSR count). The smallest absolute Gasteiger partial charge is 0.251 e. The van der Waals surface area contributed by atoms with Gasteiger partial charge in [-0.25, -0.2) is 4.98 Å². The molecule has 0 aliphatic rings. The van der Waals surface area contributed by atoms with Gasteiger partial charge in [0.05, 0.1) is 11.0 Å². The fourth-order valence-corrected chi connectivity index (χ4v) is 3.03. The molecule has 0 fully saturated rings. The fraction of sp³-hybridized carbons (Fsp3) is 0.300. The first kappa shape index (κ1) is 16.2. The standard InChI is InChI=1S/C20H23N3O/c1-14-10-11-16(15(2)13-14)20(24)21-12-6-9-19-22-17-7-4-5-8-18(17)23(19)3/h4-5,7-8,10-11,13H,6,9,12H2,1-3H3,(H,21,24). The van der Waals surface area contributed by atoms with Crippen LogP contribution in [0.25, 0.3) is 11.0 Å². The van der Waals surface area contributed by atoms with E-state index < -0.39 is 0 Å². The van der Waals surface area contributed by atoms with Gasteiger partial charge in [-0.3, -0.25) is 4.79 Å². The Morgan fingerprint density at radius 1 is 1.17 bits per heavy atom. The highest BCUT2D eigenvalue weighted by molar-refractivity contribution is 5.95. The molecule has 0 spiro atoms. The number of benzene rings is 2. The van der Waals surface area contributed by atoms with E-state index in [-0.39, 0.29) is 5.91 Å². The van der Waals surface area contributed by atoms with Crippen LogP contribution in [0.15, 0.2) is 42.5 Å². The minimum Gasteiger partial charge on any atom is -0.352 e. The number of imidazole rings is 1. The minimum absolute atomic E-state index is 0.00231. The third-order valence-corrected chi connectivity index (χ3v) is 4.37. The number of hydrogen-bond donors (Lipinski definition) is 1. The van der Waals surface area contributed by atoms with Crippen LogP contribution < -0.4 is 5.32 Å². The molecule has 0 atom stereocenters. The second-order valence-corrected chi connectivity index (χ2v) is 6.25. The molecule has 1 N–H and O–H groups in total. The monoisotopic (exact) mass is 321 g/mol. The van der Waals surface area contributed by atoms with Crippen LogP contribution in [0, 0.1) is 13.8 Å². The Kier molecular flexibility index (Phi) is 4.65. The minimum atomic E-state index is -0.00231. The zero-order chi connectivity index (χ0) is 17.1. The largest absolute Gasteiger partial charge is 0.352 e. The second-order valence-electron chi connectivity index (χ2n) is 6.25. The number of nitrogens with zero attached hydrogens (tertiary/aromatic N) is 2. The van der Waals surface area contributed by atoms with Crippen molar-refractivity contribution >= 4 is 16.9 Å². The molecule has 0 radical (unpaired) electrons. The molecule has 1 aromatic heterocycles. The molecule has 3 aromatic rings. The van der Waals surface area contributed by atoms with Crippen molar-refractivity contribution in [2.24, 2.45) is 7.05 Å². The third kappa shape index (κ3) is 3.32. The van der Waals surface area contributed by atoms with Gasteiger partial charge in [0, 0.05) is 25.6 Å². The van der Waals surface area contributed by atoms with E-state index in [1.54, 1.807) is 0 Å². The number of aryl methyl sites for hydroxylation is 4. The average Bonchev–Trinajstić information content (AvgIpc) is 2.88. The zero-order valence-corrected chi connectivity index (χ0v) is 14.5. The number of fused-ring (bicyclic) bond motifs is 1. The lowest BCUT2D eigenvalue weighted by Gasteiger charge is -2.08. The molecule has 0 aliphatic carbocycles. The summed E-state index contributed by atoms with van der Waals surface area (Å²) < 4.78 is 2.13. The topological polar surface area (TPSA) is 46.9 Å². The van der Waals surface area contributed by atoms with E-state index in [1.807, 2.05) is 57.3 Å². The molecule has 0 unspecified atom stereocenters. The van der Waals surface area contributed by atoms with Crippen LogP contribution in [0.3, 0.4) is 0 Å². The predicted molar refractivity (Wildman–Crippen MR) is 97.3 cm³/mol. The van der Waals surface area contributed by atoms with Gasteiger partial charge in [0.1, 0.15) is 5.82 Å². The van der Waals surface area contributed by atoms with Gasteiger partial charge in [-0.2, -0.15) is 0 Å². The van der Waals surface area contributed by atoms with E-state index in [0.29, 0.717) is 6.54 Å². The van der Waals surface area contributed by atoms with Crippen molar-refractivity contribution in [3.63, 3.8) is 0 Å². The first-order valence-corrected chi connectivity index (χ1v) is 8.32. The number of hydrogen-bond acceptors (Lipinski definition) is 2. The lowest BCUT2D eigenvalue weighted by Crippen LogP contribution is -2.25. The van der Waals surface area contributed by atoms with Crippen molar-refractivity contribution in [2.45, 2.75) is 26.7 Å². The van der Waals surface area contributed by atoms with E-state index in [0.717, 1.165) is 40.8 Å². The highest BCUT2D eigenvalue weighted by atomic mass is 16.1. The first-order chi connectivity index (χ1) is 11.6. The second kappa shape index (κ2) is 6.87. The number of carbonyl (C=O) groups is 1. The van der Waals surface area contributed by atoms with Gasteiger partial charge in [-0.15, -0.1) is 0 Å².